The van der Waals surface area contributed by atoms with Crippen LogP contribution in [0.4, 0.5) is 5.82 Å². The molecule has 0 bridgehead atoms. The van der Waals surface area contributed by atoms with Gasteiger partial charge in [0, 0.05) is 31.2 Å². The third-order valence-corrected chi connectivity index (χ3v) is 4.86. The van der Waals surface area contributed by atoms with Crippen molar-refractivity contribution in [3.63, 3.8) is 0 Å². The first kappa shape index (κ1) is 18.1. The number of aromatic nitrogens is 6. The normalized spacial score (nSPS) is 16.2. The predicted octanol–water partition coefficient (Wildman–Crippen LogP) is 2.84. The molecule has 4 rings (SSSR count). The van der Waals surface area contributed by atoms with Gasteiger partial charge >= 0.3 is 0 Å². The zero-order chi connectivity index (χ0) is 19.3. The van der Waals surface area contributed by atoms with Gasteiger partial charge in [0.1, 0.15) is 23.8 Å². The lowest BCUT2D eigenvalue weighted by Gasteiger charge is -2.19. The van der Waals surface area contributed by atoms with Gasteiger partial charge in [-0.15, -0.1) is 0 Å². The molecule has 8 heteroatoms. The van der Waals surface area contributed by atoms with Crippen molar-refractivity contribution < 1.29 is 4.79 Å². The van der Waals surface area contributed by atoms with Crippen molar-refractivity contribution in [1.82, 2.24) is 29.5 Å². The molecule has 0 aromatic carbocycles. The molecule has 0 aliphatic heterocycles. The number of hydrogen-bond acceptors (Lipinski definition) is 5. The first-order chi connectivity index (χ1) is 13.7. The van der Waals surface area contributed by atoms with Crippen LogP contribution in [-0.4, -0.2) is 35.4 Å². The average molecular weight is 377 g/mol. The third-order valence-electron chi connectivity index (χ3n) is 4.86. The Hall–Kier alpha value is -3.29. The van der Waals surface area contributed by atoms with E-state index in [9.17, 15) is 4.79 Å². The molecule has 0 saturated heterocycles. The van der Waals surface area contributed by atoms with Gasteiger partial charge in [-0.3, -0.25) is 19.4 Å². The molecule has 144 valence electrons. The molecule has 0 fully saturated rings. The number of rotatable bonds is 6. The lowest BCUT2D eigenvalue weighted by atomic mass is 9.94. The van der Waals surface area contributed by atoms with E-state index < -0.39 is 0 Å². The number of carbonyl (C=O) groups is 1. The van der Waals surface area contributed by atoms with Gasteiger partial charge in [0.25, 0.3) is 0 Å². The highest BCUT2D eigenvalue weighted by Gasteiger charge is 2.15. The third kappa shape index (κ3) is 4.16. The van der Waals surface area contributed by atoms with Gasteiger partial charge in [0.15, 0.2) is 0 Å². The summed E-state index contributed by atoms with van der Waals surface area (Å²) in [6.45, 7) is 2.82. The van der Waals surface area contributed by atoms with Crippen molar-refractivity contribution in [3.8, 4) is 11.4 Å². The molecular formula is C20H23N7O. The van der Waals surface area contributed by atoms with Crippen LogP contribution in [0.3, 0.4) is 0 Å². The summed E-state index contributed by atoms with van der Waals surface area (Å²) in [6, 6.07) is 3.67. The van der Waals surface area contributed by atoms with Crippen molar-refractivity contribution in [3.05, 3.63) is 54.8 Å². The molecule has 0 radical (unpaired) electrons. The first-order valence-corrected chi connectivity index (χ1v) is 9.47. The van der Waals surface area contributed by atoms with Crippen LogP contribution in [0.1, 0.15) is 25.0 Å². The van der Waals surface area contributed by atoms with Gasteiger partial charge in [-0.2, -0.15) is 10.2 Å². The quantitative estimate of drug-likeness (QED) is 0.667. The molecule has 3 heterocycles. The lowest BCUT2D eigenvalue weighted by Crippen LogP contribution is -2.22. The maximum atomic E-state index is 12.5. The van der Waals surface area contributed by atoms with Gasteiger partial charge in [0.2, 0.25) is 5.91 Å². The number of allylic oxidation sites excluding steroid dienone is 2. The summed E-state index contributed by atoms with van der Waals surface area (Å²) in [6.07, 6.45) is 14.6. The molecule has 28 heavy (non-hydrogen) atoms. The number of aryl methyl sites for hydroxylation is 1. The summed E-state index contributed by atoms with van der Waals surface area (Å²) >= 11 is 0. The molecule has 0 spiro atoms. The largest absolute Gasteiger partial charge is 0.309 e. The molecular weight excluding hydrogens is 354 g/mol. The Kier molecular flexibility index (Phi) is 5.27. The van der Waals surface area contributed by atoms with Gasteiger partial charge in [-0.05, 0) is 38.2 Å². The summed E-state index contributed by atoms with van der Waals surface area (Å²) < 4.78 is 3.48. The molecule has 0 saturated carbocycles. The molecule has 1 atom stereocenters. The minimum absolute atomic E-state index is 0.122. The fourth-order valence-electron chi connectivity index (χ4n) is 3.42. The van der Waals surface area contributed by atoms with E-state index >= 15 is 0 Å². The van der Waals surface area contributed by atoms with Crippen molar-refractivity contribution >= 4 is 11.7 Å². The van der Waals surface area contributed by atoms with E-state index in [2.05, 4.69) is 37.6 Å². The summed E-state index contributed by atoms with van der Waals surface area (Å²) in [4.78, 5) is 21.0. The van der Waals surface area contributed by atoms with Gasteiger partial charge in [-0.1, -0.05) is 12.2 Å². The number of anilines is 1. The van der Waals surface area contributed by atoms with E-state index in [4.69, 9.17) is 0 Å². The second kappa shape index (κ2) is 8.16. The molecule has 8 nitrogen and oxygen atoms in total. The fourth-order valence-corrected chi connectivity index (χ4v) is 3.42. The summed E-state index contributed by atoms with van der Waals surface area (Å²) in [5, 5.41) is 11.8. The second-order valence-corrected chi connectivity index (χ2v) is 6.99. The fraction of sp³-hybridized carbons (Fsp3) is 0.350. The van der Waals surface area contributed by atoms with Crippen LogP contribution in [0.15, 0.2) is 49.1 Å². The smallest absolute Gasteiger partial charge is 0.247 e. The van der Waals surface area contributed by atoms with Gasteiger partial charge in [-0.25, -0.2) is 4.68 Å². The predicted molar refractivity (Wildman–Crippen MR) is 105 cm³/mol. The molecule has 3 aromatic rings. The topological polar surface area (TPSA) is 90.5 Å². The highest BCUT2D eigenvalue weighted by Crippen LogP contribution is 2.21. The highest BCUT2D eigenvalue weighted by atomic mass is 16.2. The number of hydrogen-bond donors (Lipinski definition) is 1. The zero-order valence-electron chi connectivity index (χ0n) is 15.8. The van der Waals surface area contributed by atoms with Crippen LogP contribution in [0, 0.1) is 12.8 Å². The molecule has 0 unspecified atom stereocenters. The number of nitrogens with zero attached hydrogens (tertiary/aromatic N) is 6. The van der Waals surface area contributed by atoms with E-state index in [1.165, 1.54) is 0 Å². The Morgan fingerprint density at radius 2 is 2.11 bits per heavy atom. The van der Waals surface area contributed by atoms with E-state index in [1.54, 1.807) is 29.5 Å². The van der Waals surface area contributed by atoms with Crippen LogP contribution >= 0.6 is 0 Å². The Morgan fingerprint density at radius 1 is 1.21 bits per heavy atom. The average Bonchev–Trinajstić information content (AvgIpc) is 3.33. The summed E-state index contributed by atoms with van der Waals surface area (Å²) in [5.41, 5.74) is 2.23. The molecule has 1 amide bonds. The van der Waals surface area contributed by atoms with Gasteiger partial charge < -0.3 is 5.32 Å². The van der Waals surface area contributed by atoms with Crippen LogP contribution < -0.4 is 5.32 Å². The van der Waals surface area contributed by atoms with Crippen LogP contribution in [0.25, 0.3) is 11.4 Å². The van der Waals surface area contributed by atoms with Crippen LogP contribution in [0.2, 0.25) is 0 Å². The Morgan fingerprint density at radius 3 is 2.93 bits per heavy atom. The second-order valence-electron chi connectivity index (χ2n) is 6.99. The molecule has 1 aliphatic carbocycles. The molecule has 1 N–H and O–H groups in total. The minimum Gasteiger partial charge on any atom is -0.309 e. The maximum absolute atomic E-state index is 12.5. The van der Waals surface area contributed by atoms with Crippen molar-refractivity contribution in [1.29, 1.82) is 0 Å². The Bertz CT molecular complexity index is 988. The molecule has 1 aliphatic rings. The van der Waals surface area contributed by atoms with Crippen LogP contribution in [0.5, 0.6) is 0 Å². The maximum Gasteiger partial charge on any atom is 0.247 e. The van der Waals surface area contributed by atoms with E-state index in [-0.39, 0.29) is 12.5 Å². The number of carbonyl (C=O) groups excluding carboxylic acids is 1. The summed E-state index contributed by atoms with van der Waals surface area (Å²) in [5.74, 6) is 1.14. The molecule has 3 aromatic heterocycles. The Labute approximate surface area is 163 Å². The highest BCUT2D eigenvalue weighted by molar-refractivity contribution is 5.89. The first-order valence-electron chi connectivity index (χ1n) is 9.47. The van der Waals surface area contributed by atoms with Crippen molar-refractivity contribution in [2.75, 3.05) is 5.32 Å². The van der Waals surface area contributed by atoms with E-state index in [1.807, 2.05) is 23.7 Å². The minimum atomic E-state index is -0.143. The van der Waals surface area contributed by atoms with Crippen LogP contribution in [-0.2, 0) is 17.9 Å². The SMILES string of the molecule is Cc1nccnc1-c1ccn(CC(=O)Nc2ccnn2C[C@H]2CC=CCC2)n1. The van der Waals surface area contributed by atoms with E-state index in [0.29, 0.717) is 11.6 Å². The van der Waals surface area contributed by atoms with Gasteiger partial charge in [0.05, 0.1) is 11.9 Å². The number of amides is 1. The van der Waals surface area contributed by atoms with E-state index in [0.717, 1.165) is 43.0 Å². The number of nitrogens with one attached hydrogen (secondary N) is 1. The monoisotopic (exact) mass is 377 g/mol. The summed E-state index contributed by atoms with van der Waals surface area (Å²) in [7, 11) is 0. The lowest BCUT2D eigenvalue weighted by molar-refractivity contribution is -0.116. The van der Waals surface area contributed by atoms with Crippen molar-refractivity contribution in [2.45, 2.75) is 39.3 Å². The Balaban J connectivity index is 1.38. The van der Waals surface area contributed by atoms with Crippen molar-refractivity contribution in [2.24, 2.45) is 5.92 Å². The zero-order valence-corrected chi connectivity index (χ0v) is 15.8. The standard InChI is InChI=1S/C20H23N7O/c1-15-20(22-11-10-21-15)17-8-12-26(25-17)14-19(28)24-18-7-9-23-27(18)13-16-5-3-2-4-6-16/h2-3,7-12,16H,4-6,13-14H2,1H3,(H,24,28)/t16-/m0/s1.